The van der Waals surface area contributed by atoms with Gasteiger partial charge in [-0.05, 0) is 49.2 Å². The SMILES string of the molecule is Cc1ccc(C)c(NC(=O)Cc2nc(COC(=O)/C=C/c3c(Cl)cccc3Cl)cs2)c1. The molecule has 3 rings (SSSR count). The lowest BCUT2D eigenvalue weighted by Gasteiger charge is -2.08. The fourth-order valence-electron chi connectivity index (χ4n) is 2.71. The molecule has 2 aromatic carbocycles. The molecule has 1 heterocycles. The van der Waals surface area contributed by atoms with Crippen LogP contribution >= 0.6 is 34.5 Å². The maximum atomic E-state index is 12.3. The Morgan fingerprint density at radius 3 is 2.65 bits per heavy atom. The minimum atomic E-state index is -0.543. The zero-order valence-corrected chi connectivity index (χ0v) is 19.3. The van der Waals surface area contributed by atoms with Gasteiger partial charge in [0.25, 0.3) is 0 Å². The number of aromatic nitrogens is 1. The Bertz CT molecular complexity index is 1120. The van der Waals surface area contributed by atoms with E-state index < -0.39 is 5.97 Å². The highest BCUT2D eigenvalue weighted by Gasteiger charge is 2.11. The number of ether oxygens (including phenoxy) is 1. The van der Waals surface area contributed by atoms with Gasteiger partial charge in [-0.1, -0.05) is 41.4 Å². The topological polar surface area (TPSA) is 68.3 Å². The van der Waals surface area contributed by atoms with Crippen LogP contribution in [0.4, 0.5) is 5.69 Å². The number of nitrogens with zero attached hydrogens (tertiary/aromatic N) is 1. The molecule has 0 atom stereocenters. The Hall–Kier alpha value is -2.67. The lowest BCUT2D eigenvalue weighted by Crippen LogP contribution is -2.15. The molecule has 160 valence electrons. The number of carbonyl (C=O) groups is 2. The van der Waals surface area contributed by atoms with Crippen molar-refractivity contribution in [1.29, 1.82) is 0 Å². The van der Waals surface area contributed by atoms with E-state index >= 15 is 0 Å². The fraction of sp³-hybridized carbons (Fsp3) is 0.174. The number of esters is 1. The summed E-state index contributed by atoms with van der Waals surface area (Å²) in [7, 11) is 0. The monoisotopic (exact) mass is 474 g/mol. The summed E-state index contributed by atoms with van der Waals surface area (Å²) in [5, 5.41) is 6.21. The number of carbonyl (C=O) groups excluding carboxylic acids is 2. The van der Waals surface area contributed by atoms with E-state index in [1.165, 1.54) is 23.5 Å². The van der Waals surface area contributed by atoms with E-state index in [9.17, 15) is 9.59 Å². The lowest BCUT2D eigenvalue weighted by molar-refractivity contribution is -0.139. The van der Waals surface area contributed by atoms with Crippen molar-refractivity contribution in [2.24, 2.45) is 0 Å². The predicted octanol–water partition coefficient (Wildman–Crippen LogP) is 6.00. The van der Waals surface area contributed by atoms with Gasteiger partial charge >= 0.3 is 5.97 Å². The number of benzene rings is 2. The van der Waals surface area contributed by atoms with Crippen LogP contribution in [-0.4, -0.2) is 16.9 Å². The first-order valence-corrected chi connectivity index (χ1v) is 11.0. The molecule has 0 spiro atoms. The van der Waals surface area contributed by atoms with Crippen molar-refractivity contribution in [2.75, 3.05) is 5.32 Å². The maximum Gasteiger partial charge on any atom is 0.331 e. The number of thiazole rings is 1. The van der Waals surface area contributed by atoms with Gasteiger partial charge in [0.15, 0.2) is 0 Å². The van der Waals surface area contributed by atoms with Crippen LogP contribution < -0.4 is 5.32 Å². The molecule has 5 nitrogen and oxygen atoms in total. The number of amides is 1. The van der Waals surface area contributed by atoms with Crippen molar-refractivity contribution in [3.63, 3.8) is 0 Å². The van der Waals surface area contributed by atoms with Gasteiger partial charge < -0.3 is 10.1 Å². The van der Waals surface area contributed by atoms with Gasteiger partial charge in [0.1, 0.15) is 11.6 Å². The molecule has 0 unspecified atom stereocenters. The quantitative estimate of drug-likeness (QED) is 0.336. The van der Waals surface area contributed by atoms with Crippen LogP contribution in [0.15, 0.2) is 47.9 Å². The molecule has 3 aromatic rings. The summed E-state index contributed by atoms with van der Waals surface area (Å²) in [6.07, 6.45) is 2.92. The van der Waals surface area contributed by atoms with Crippen LogP contribution in [0.1, 0.15) is 27.4 Å². The van der Waals surface area contributed by atoms with Gasteiger partial charge in [-0.25, -0.2) is 9.78 Å². The largest absolute Gasteiger partial charge is 0.456 e. The second kappa shape index (κ2) is 10.6. The zero-order chi connectivity index (χ0) is 22.4. The van der Waals surface area contributed by atoms with Gasteiger partial charge in [0.2, 0.25) is 5.91 Å². The second-order valence-electron chi connectivity index (χ2n) is 6.85. The number of anilines is 1. The number of rotatable bonds is 7. The van der Waals surface area contributed by atoms with Crippen molar-refractivity contribution < 1.29 is 14.3 Å². The zero-order valence-electron chi connectivity index (χ0n) is 16.9. The Balaban J connectivity index is 1.51. The number of hydrogen-bond donors (Lipinski definition) is 1. The summed E-state index contributed by atoms with van der Waals surface area (Å²) in [4.78, 5) is 28.7. The molecular weight excluding hydrogens is 455 g/mol. The molecule has 0 fully saturated rings. The third-order valence-corrected chi connectivity index (χ3v) is 5.88. The maximum absolute atomic E-state index is 12.3. The summed E-state index contributed by atoms with van der Waals surface area (Å²) in [5.41, 5.74) is 3.99. The molecule has 0 aliphatic heterocycles. The standard InChI is InChI=1S/C23H20Cl2N2O3S/c1-14-6-7-15(2)20(10-14)27-21(28)11-22-26-16(13-31-22)12-30-23(29)9-8-17-18(24)4-3-5-19(17)25/h3-10,13H,11-12H2,1-2H3,(H,27,28)/b9-8+. The molecule has 8 heteroatoms. The number of aryl methyl sites for hydroxylation is 2. The molecule has 1 N–H and O–H groups in total. The smallest absolute Gasteiger partial charge is 0.331 e. The number of halogens is 2. The van der Waals surface area contributed by atoms with Crippen LogP contribution in [0.2, 0.25) is 10.0 Å². The normalized spacial score (nSPS) is 11.0. The number of hydrogen-bond acceptors (Lipinski definition) is 5. The van der Waals surface area contributed by atoms with Gasteiger partial charge in [0, 0.05) is 32.8 Å². The van der Waals surface area contributed by atoms with Crippen LogP contribution in [0.25, 0.3) is 6.08 Å². The van der Waals surface area contributed by atoms with E-state index in [4.69, 9.17) is 27.9 Å². The molecule has 0 saturated heterocycles. The van der Waals surface area contributed by atoms with Crippen LogP contribution in [0, 0.1) is 13.8 Å². The van der Waals surface area contributed by atoms with Crippen molar-refractivity contribution in [1.82, 2.24) is 4.98 Å². The minimum Gasteiger partial charge on any atom is -0.456 e. The molecule has 31 heavy (non-hydrogen) atoms. The van der Waals surface area contributed by atoms with Crippen LogP contribution in [-0.2, 0) is 27.4 Å². The molecule has 0 saturated carbocycles. The summed E-state index contributed by atoms with van der Waals surface area (Å²) < 4.78 is 5.20. The average Bonchev–Trinajstić information content (AvgIpc) is 3.16. The molecule has 1 amide bonds. The Morgan fingerprint density at radius 2 is 1.90 bits per heavy atom. The summed E-state index contributed by atoms with van der Waals surface area (Å²) in [6.45, 7) is 3.93. The Morgan fingerprint density at radius 1 is 1.16 bits per heavy atom. The number of nitrogens with one attached hydrogen (secondary N) is 1. The van der Waals surface area contributed by atoms with Crippen molar-refractivity contribution in [2.45, 2.75) is 26.9 Å². The van der Waals surface area contributed by atoms with E-state index in [-0.39, 0.29) is 18.9 Å². The molecule has 0 aliphatic rings. The Labute approximate surface area is 194 Å². The lowest BCUT2D eigenvalue weighted by atomic mass is 10.1. The highest BCUT2D eigenvalue weighted by atomic mass is 35.5. The fourth-order valence-corrected chi connectivity index (χ4v) is 4.01. The first kappa shape index (κ1) is 23.0. The van der Waals surface area contributed by atoms with Crippen molar-refractivity contribution in [3.8, 4) is 0 Å². The summed E-state index contributed by atoms with van der Waals surface area (Å²) in [5.74, 6) is -0.690. The third-order valence-electron chi connectivity index (χ3n) is 4.33. The van der Waals surface area contributed by atoms with Gasteiger partial charge in [-0.15, -0.1) is 11.3 Å². The van der Waals surface area contributed by atoms with Gasteiger partial charge in [-0.2, -0.15) is 0 Å². The van der Waals surface area contributed by atoms with Crippen LogP contribution in [0.3, 0.4) is 0 Å². The van der Waals surface area contributed by atoms with E-state index in [0.717, 1.165) is 16.8 Å². The van der Waals surface area contributed by atoms with Crippen LogP contribution in [0.5, 0.6) is 0 Å². The predicted molar refractivity (Wildman–Crippen MR) is 126 cm³/mol. The first-order valence-electron chi connectivity index (χ1n) is 9.41. The van der Waals surface area contributed by atoms with Crippen molar-refractivity contribution in [3.05, 3.63) is 85.3 Å². The van der Waals surface area contributed by atoms with Crippen molar-refractivity contribution >= 4 is 58.2 Å². The molecule has 0 bridgehead atoms. The van der Waals surface area contributed by atoms with E-state index in [0.29, 0.717) is 26.3 Å². The highest BCUT2D eigenvalue weighted by molar-refractivity contribution is 7.09. The third kappa shape index (κ3) is 6.66. The van der Waals surface area contributed by atoms with E-state index in [1.807, 2.05) is 32.0 Å². The van der Waals surface area contributed by atoms with Gasteiger partial charge in [0.05, 0.1) is 12.1 Å². The highest BCUT2D eigenvalue weighted by Crippen LogP contribution is 2.25. The van der Waals surface area contributed by atoms with E-state index in [1.54, 1.807) is 23.6 Å². The minimum absolute atomic E-state index is 0.00847. The summed E-state index contributed by atoms with van der Waals surface area (Å²) >= 11 is 13.5. The molecule has 0 radical (unpaired) electrons. The second-order valence-corrected chi connectivity index (χ2v) is 8.61. The molecular formula is C23H20Cl2N2O3S. The molecule has 0 aliphatic carbocycles. The Kier molecular flexibility index (Phi) is 7.85. The summed E-state index contributed by atoms with van der Waals surface area (Å²) in [6, 6.07) is 11.0. The average molecular weight is 475 g/mol. The van der Waals surface area contributed by atoms with E-state index in [2.05, 4.69) is 10.3 Å². The first-order chi connectivity index (χ1) is 14.8. The van der Waals surface area contributed by atoms with Gasteiger partial charge in [-0.3, -0.25) is 4.79 Å². The molecule has 1 aromatic heterocycles.